The number of benzene rings is 1. The van der Waals surface area contributed by atoms with Gasteiger partial charge in [-0.3, -0.25) is 19.7 Å². The Morgan fingerprint density at radius 2 is 1.94 bits per heavy atom. The Balaban J connectivity index is 1.67. The highest BCUT2D eigenvalue weighted by Crippen LogP contribution is 2.46. The summed E-state index contributed by atoms with van der Waals surface area (Å²) in [6, 6.07) is 8.52. The number of fused-ring (bicyclic) bond motifs is 2. The number of carboxylic acids is 1. The molecule has 0 heterocycles. The van der Waals surface area contributed by atoms with Crippen LogP contribution >= 0.6 is 0 Å². The van der Waals surface area contributed by atoms with Crippen LogP contribution in [0.15, 0.2) is 30.3 Å². The number of ether oxygens (including phenoxy) is 1. The molecule has 1 aromatic carbocycles. The summed E-state index contributed by atoms with van der Waals surface area (Å²) < 4.78 is 5.22. The lowest BCUT2D eigenvalue weighted by molar-refractivity contribution is -0.150. The Morgan fingerprint density at radius 3 is 2.52 bits per heavy atom. The molecule has 1 aromatic rings. The zero-order valence-electron chi connectivity index (χ0n) is 18.5. The maximum absolute atomic E-state index is 13.3. The average Bonchev–Trinajstić information content (AvgIpc) is 3.38. The lowest BCUT2D eigenvalue weighted by atomic mass is 9.93. The van der Waals surface area contributed by atoms with Crippen LogP contribution in [0.5, 0.6) is 0 Å². The van der Waals surface area contributed by atoms with E-state index in [1.807, 2.05) is 30.3 Å². The summed E-state index contributed by atoms with van der Waals surface area (Å²) in [5.41, 5.74) is 1.10. The zero-order chi connectivity index (χ0) is 22.4. The summed E-state index contributed by atoms with van der Waals surface area (Å²) in [5, 5.41) is 12.5. The zero-order valence-corrected chi connectivity index (χ0v) is 18.5. The van der Waals surface area contributed by atoms with E-state index in [1.165, 1.54) is 11.3 Å². The fourth-order valence-electron chi connectivity index (χ4n) is 5.19. The number of nitrogens with zero attached hydrogens (tertiary/aromatic N) is 1. The van der Waals surface area contributed by atoms with Crippen LogP contribution < -0.4 is 5.32 Å². The molecule has 2 bridgehead atoms. The van der Waals surface area contributed by atoms with Crippen molar-refractivity contribution >= 4 is 17.8 Å². The fourth-order valence-corrected chi connectivity index (χ4v) is 5.19. The first-order valence-electron chi connectivity index (χ1n) is 11.4. The van der Waals surface area contributed by atoms with Gasteiger partial charge in [0.2, 0.25) is 5.91 Å². The molecule has 7 heteroatoms. The van der Waals surface area contributed by atoms with Crippen molar-refractivity contribution in [1.82, 2.24) is 10.2 Å². The van der Waals surface area contributed by atoms with Gasteiger partial charge < -0.3 is 14.7 Å². The Bertz CT molecular complexity index is 768. The molecule has 2 N–H and O–H groups in total. The summed E-state index contributed by atoms with van der Waals surface area (Å²) in [6.07, 6.45) is 5.36. The number of aliphatic carboxylic acids is 1. The number of hydrogen-bond acceptors (Lipinski definition) is 5. The first kappa shape index (κ1) is 23.3. The molecule has 2 aliphatic carbocycles. The van der Waals surface area contributed by atoms with Crippen LogP contribution in [0.1, 0.15) is 51.5 Å². The number of rotatable bonds is 11. The van der Waals surface area contributed by atoms with Gasteiger partial charge in [-0.2, -0.15) is 0 Å². The largest absolute Gasteiger partial charge is 0.480 e. The van der Waals surface area contributed by atoms with Crippen molar-refractivity contribution in [1.29, 1.82) is 0 Å². The fraction of sp³-hybridized carbons (Fsp3) is 0.625. The van der Waals surface area contributed by atoms with Crippen molar-refractivity contribution in [3.63, 3.8) is 0 Å². The van der Waals surface area contributed by atoms with Crippen LogP contribution in [0.4, 0.5) is 0 Å². The molecule has 2 fully saturated rings. The first-order valence-corrected chi connectivity index (χ1v) is 11.4. The van der Waals surface area contributed by atoms with Crippen molar-refractivity contribution in [2.24, 2.45) is 11.8 Å². The maximum atomic E-state index is 13.3. The Morgan fingerprint density at radius 1 is 1.19 bits per heavy atom. The molecular weight excluding hydrogens is 396 g/mol. The molecule has 0 aliphatic heterocycles. The minimum absolute atomic E-state index is 0.0167. The SMILES string of the molecule is CCOC(=O)C(CCc1ccccc1)N[C@@H](C)C(=O)N(CC(=O)O)C1CC2CCC1C2. The van der Waals surface area contributed by atoms with Gasteiger partial charge in [-0.15, -0.1) is 0 Å². The minimum Gasteiger partial charge on any atom is -0.480 e. The van der Waals surface area contributed by atoms with Gasteiger partial charge in [-0.25, -0.2) is 0 Å². The second-order valence-electron chi connectivity index (χ2n) is 8.82. The van der Waals surface area contributed by atoms with Crippen LogP contribution in [0.3, 0.4) is 0 Å². The molecule has 0 radical (unpaired) electrons. The molecule has 1 amide bonds. The van der Waals surface area contributed by atoms with Gasteiger partial charge in [0.25, 0.3) is 0 Å². The molecule has 4 unspecified atom stereocenters. The van der Waals surface area contributed by atoms with Crippen molar-refractivity contribution in [3.8, 4) is 0 Å². The molecule has 0 saturated heterocycles. The Labute approximate surface area is 184 Å². The Kier molecular flexibility index (Phi) is 8.07. The van der Waals surface area contributed by atoms with E-state index in [2.05, 4.69) is 5.32 Å². The second-order valence-corrected chi connectivity index (χ2v) is 8.82. The highest BCUT2D eigenvalue weighted by Gasteiger charge is 2.45. The van der Waals surface area contributed by atoms with Crippen LogP contribution in [0.2, 0.25) is 0 Å². The van der Waals surface area contributed by atoms with Crippen molar-refractivity contribution in [3.05, 3.63) is 35.9 Å². The van der Waals surface area contributed by atoms with Crippen LogP contribution in [-0.4, -0.2) is 59.1 Å². The van der Waals surface area contributed by atoms with Crippen LogP contribution in [0.25, 0.3) is 0 Å². The summed E-state index contributed by atoms with van der Waals surface area (Å²) in [7, 11) is 0. The third-order valence-corrected chi connectivity index (χ3v) is 6.65. The van der Waals surface area contributed by atoms with Gasteiger partial charge >= 0.3 is 11.9 Å². The van der Waals surface area contributed by atoms with Gasteiger partial charge in [0, 0.05) is 6.04 Å². The lowest BCUT2D eigenvalue weighted by Gasteiger charge is -2.36. The van der Waals surface area contributed by atoms with Crippen molar-refractivity contribution < 1.29 is 24.2 Å². The van der Waals surface area contributed by atoms with E-state index in [0.29, 0.717) is 24.7 Å². The van der Waals surface area contributed by atoms with Gasteiger partial charge in [-0.1, -0.05) is 36.8 Å². The minimum atomic E-state index is -1.01. The van der Waals surface area contributed by atoms with E-state index in [9.17, 15) is 19.5 Å². The molecule has 2 aliphatic rings. The van der Waals surface area contributed by atoms with Crippen molar-refractivity contribution in [2.45, 2.75) is 70.5 Å². The quantitative estimate of drug-likeness (QED) is 0.524. The van der Waals surface area contributed by atoms with Gasteiger partial charge in [-0.05, 0) is 63.4 Å². The normalized spacial score (nSPS) is 23.9. The lowest BCUT2D eigenvalue weighted by Crippen LogP contribution is -2.55. The number of amides is 1. The number of hydrogen-bond donors (Lipinski definition) is 2. The maximum Gasteiger partial charge on any atom is 0.323 e. The smallest absolute Gasteiger partial charge is 0.323 e. The summed E-state index contributed by atoms with van der Waals surface area (Å²) >= 11 is 0. The Hall–Kier alpha value is -2.41. The molecule has 7 nitrogen and oxygen atoms in total. The van der Waals surface area contributed by atoms with Crippen molar-refractivity contribution in [2.75, 3.05) is 13.2 Å². The topological polar surface area (TPSA) is 95.9 Å². The monoisotopic (exact) mass is 430 g/mol. The second kappa shape index (κ2) is 10.8. The molecule has 0 aromatic heterocycles. The molecule has 31 heavy (non-hydrogen) atoms. The van der Waals surface area contributed by atoms with Gasteiger partial charge in [0.05, 0.1) is 12.6 Å². The van der Waals surface area contributed by atoms with E-state index in [1.54, 1.807) is 13.8 Å². The highest BCUT2D eigenvalue weighted by atomic mass is 16.5. The summed E-state index contributed by atoms with van der Waals surface area (Å²) in [5.74, 6) is -0.661. The van der Waals surface area contributed by atoms with E-state index in [4.69, 9.17) is 4.74 Å². The van der Waals surface area contributed by atoms with Crippen LogP contribution in [0, 0.1) is 11.8 Å². The molecule has 3 rings (SSSR count). The molecular formula is C24H34N2O5. The van der Waals surface area contributed by atoms with E-state index < -0.39 is 18.1 Å². The summed E-state index contributed by atoms with van der Waals surface area (Å²) in [6.45, 7) is 3.43. The van der Waals surface area contributed by atoms with Crippen LogP contribution in [-0.2, 0) is 25.5 Å². The summed E-state index contributed by atoms with van der Waals surface area (Å²) in [4.78, 5) is 38.8. The average molecular weight is 431 g/mol. The molecule has 2 saturated carbocycles. The molecule has 0 spiro atoms. The number of aryl methyl sites for hydroxylation is 1. The third kappa shape index (κ3) is 6.06. The number of carboxylic acid groups (broad SMARTS) is 1. The predicted octanol–water partition coefficient (Wildman–Crippen LogP) is 2.63. The number of nitrogens with one attached hydrogen (secondary N) is 1. The number of esters is 1. The first-order chi connectivity index (χ1) is 14.9. The predicted molar refractivity (Wildman–Crippen MR) is 116 cm³/mol. The number of carbonyl (C=O) groups is 3. The number of carbonyl (C=O) groups excluding carboxylic acids is 2. The molecule has 5 atom stereocenters. The van der Waals surface area contributed by atoms with Gasteiger partial charge in [0.1, 0.15) is 12.6 Å². The third-order valence-electron chi connectivity index (χ3n) is 6.65. The van der Waals surface area contributed by atoms with Gasteiger partial charge in [0.15, 0.2) is 0 Å². The molecule has 170 valence electrons. The van der Waals surface area contributed by atoms with E-state index >= 15 is 0 Å². The highest BCUT2D eigenvalue weighted by molar-refractivity contribution is 5.86. The van der Waals surface area contributed by atoms with E-state index in [-0.39, 0.29) is 31.1 Å². The standard InChI is InChI=1S/C24H34N2O5/c1-3-31-24(30)20(12-10-17-7-5-4-6-8-17)25-16(2)23(29)26(15-22(27)28)21-14-18-9-11-19(21)13-18/h4-8,16,18-21,25H,3,9-15H2,1-2H3,(H,27,28)/t16-,18?,19?,20?,21?/m0/s1. The van der Waals surface area contributed by atoms with E-state index in [0.717, 1.165) is 24.8 Å².